The maximum atomic E-state index is 12.2. The highest BCUT2D eigenvalue weighted by atomic mass is 32.2. The van der Waals surface area contributed by atoms with E-state index in [2.05, 4.69) is 0 Å². The van der Waals surface area contributed by atoms with Gasteiger partial charge in [-0.3, -0.25) is 0 Å². The van der Waals surface area contributed by atoms with Crippen molar-refractivity contribution in [2.45, 2.75) is 69.9 Å². The third kappa shape index (κ3) is 3.32. The molecule has 8 heteroatoms. The maximum absolute atomic E-state index is 12.2. The van der Waals surface area contributed by atoms with E-state index in [0.29, 0.717) is 32.4 Å². The zero-order valence-electron chi connectivity index (χ0n) is 13.1. The van der Waals surface area contributed by atoms with E-state index in [9.17, 15) is 8.42 Å². The Bertz CT molecular complexity index is 468. The molecular weight excluding hydrogens is 310 g/mol. The first-order valence-electron chi connectivity index (χ1n) is 8.21. The van der Waals surface area contributed by atoms with Crippen LogP contribution in [0.4, 0.5) is 0 Å². The zero-order valence-corrected chi connectivity index (χ0v) is 13.9. The van der Waals surface area contributed by atoms with Crippen LogP contribution in [0, 0.1) is 0 Å². The van der Waals surface area contributed by atoms with E-state index >= 15 is 0 Å². The molecule has 0 aromatic heterocycles. The van der Waals surface area contributed by atoms with Crippen LogP contribution in [-0.2, 0) is 29.6 Å². The normalized spacial score (nSPS) is 28.4. The predicted molar refractivity (Wildman–Crippen MR) is 77.8 cm³/mol. The summed E-state index contributed by atoms with van der Waals surface area (Å²) in [4.78, 5) is 22.0. The van der Waals surface area contributed by atoms with Gasteiger partial charge in [-0.25, -0.2) is 12.7 Å². The van der Waals surface area contributed by atoms with Crippen molar-refractivity contribution in [1.82, 2.24) is 4.31 Å². The predicted octanol–water partition coefficient (Wildman–Crippen LogP) is 2.09. The van der Waals surface area contributed by atoms with Crippen LogP contribution in [0.5, 0.6) is 0 Å². The number of sulfonamides is 1. The second-order valence-corrected chi connectivity index (χ2v) is 8.52. The summed E-state index contributed by atoms with van der Waals surface area (Å²) < 4.78 is 25.9. The fourth-order valence-corrected chi connectivity index (χ4v) is 4.79. The first kappa shape index (κ1) is 16.6. The molecule has 7 nitrogen and oxygen atoms in total. The van der Waals surface area contributed by atoms with Crippen molar-refractivity contribution in [3.05, 3.63) is 0 Å². The van der Waals surface area contributed by atoms with E-state index in [1.807, 2.05) is 6.92 Å². The topological polar surface area (TPSA) is 74.3 Å². The van der Waals surface area contributed by atoms with Crippen LogP contribution in [-0.4, -0.2) is 43.1 Å². The lowest BCUT2D eigenvalue weighted by Gasteiger charge is -2.44. The Morgan fingerprint density at radius 1 is 0.909 bits per heavy atom. The number of hydrogen-bond donors (Lipinski definition) is 0. The molecule has 3 rings (SSSR count). The van der Waals surface area contributed by atoms with Gasteiger partial charge in [-0.1, -0.05) is 13.3 Å². The first-order valence-corrected chi connectivity index (χ1v) is 9.82. The van der Waals surface area contributed by atoms with Crippen LogP contribution in [0.1, 0.15) is 58.3 Å². The molecule has 2 heterocycles. The molecule has 2 aliphatic heterocycles. The largest absolute Gasteiger partial charge is 0.236 e. The number of piperidine rings is 1. The van der Waals surface area contributed by atoms with Gasteiger partial charge in [0, 0.05) is 38.8 Å². The summed E-state index contributed by atoms with van der Waals surface area (Å²) in [5.74, 6) is -1.52. The molecule has 0 N–H and O–H groups in total. The van der Waals surface area contributed by atoms with Gasteiger partial charge < -0.3 is 0 Å². The third-order valence-corrected chi connectivity index (χ3v) is 6.65. The maximum Gasteiger partial charge on any atom is 0.236 e. The van der Waals surface area contributed by atoms with Crippen molar-refractivity contribution < 1.29 is 28.0 Å². The Labute approximate surface area is 131 Å². The van der Waals surface area contributed by atoms with Crippen molar-refractivity contribution in [3.8, 4) is 0 Å². The minimum absolute atomic E-state index is 0.203. The van der Waals surface area contributed by atoms with E-state index in [4.69, 9.17) is 19.6 Å². The molecule has 1 saturated carbocycles. The monoisotopic (exact) mass is 335 g/mol. The summed E-state index contributed by atoms with van der Waals surface area (Å²) in [5, 5.41) is 0. The average molecular weight is 335 g/mol. The van der Waals surface area contributed by atoms with Gasteiger partial charge in [-0.15, -0.1) is 0 Å². The molecule has 3 fully saturated rings. The standard InChI is InChI=1S/C14H25NO6S/c1-2-3-12-22(16,17)15-10-8-14(9-11-15)20-18-13(19-21-14)6-4-5-7-13/h2-12H2,1H3. The Kier molecular flexibility index (Phi) is 4.78. The second kappa shape index (κ2) is 6.33. The highest BCUT2D eigenvalue weighted by molar-refractivity contribution is 7.89. The lowest BCUT2D eigenvalue weighted by atomic mass is 10.1. The fourth-order valence-electron chi connectivity index (χ4n) is 3.14. The van der Waals surface area contributed by atoms with Gasteiger partial charge in [-0.05, 0) is 19.3 Å². The van der Waals surface area contributed by atoms with Gasteiger partial charge in [-0.2, -0.15) is 19.6 Å². The third-order valence-electron chi connectivity index (χ3n) is 4.69. The van der Waals surface area contributed by atoms with Crippen LogP contribution in [0.3, 0.4) is 0 Å². The molecule has 0 aromatic rings. The van der Waals surface area contributed by atoms with Crippen LogP contribution in [0.2, 0.25) is 0 Å². The van der Waals surface area contributed by atoms with Gasteiger partial charge in [0.15, 0.2) is 0 Å². The van der Waals surface area contributed by atoms with E-state index in [1.165, 1.54) is 4.31 Å². The van der Waals surface area contributed by atoms with Gasteiger partial charge >= 0.3 is 0 Å². The molecule has 3 aliphatic rings. The average Bonchev–Trinajstić information content (AvgIpc) is 2.98. The van der Waals surface area contributed by atoms with Crippen molar-refractivity contribution >= 4 is 10.0 Å². The molecule has 0 amide bonds. The fraction of sp³-hybridized carbons (Fsp3) is 1.00. The van der Waals surface area contributed by atoms with Crippen molar-refractivity contribution in [2.24, 2.45) is 0 Å². The van der Waals surface area contributed by atoms with Gasteiger partial charge in [0.2, 0.25) is 21.6 Å². The van der Waals surface area contributed by atoms with Crippen molar-refractivity contribution in [2.75, 3.05) is 18.8 Å². The molecule has 2 spiro atoms. The number of rotatable bonds is 4. The van der Waals surface area contributed by atoms with E-state index in [-0.39, 0.29) is 5.75 Å². The van der Waals surface area contributed by atoms with Gasteiger partial charge in [0.1, 0.15) is 0 Å². The summed E-state index contributed by atoms with van der Waals surface area (Å²) in [7, 11) is -3.18. The Morgan fingerprint density at radius 3 is 1.91 bits per heavy atom. The van der Waals surface area contributed by atoms with E-state index in [0.717, 1.165) is 32.1 Å². The summed E-state index contributed by atoms with van der Waals surface area (Å²) >= 11 is 0. The number of nitrogens with zero attached hydrogens (tertiary/aromatic N) is 1. The molecule has 128 valence electrons. The summed E-state index contributed by atoms with van der Waals surface area (Å²) in [6.45, 7) is 2.72. The number of unbranched alkanes of at least 4 members (excludes halogenated alkanes) is 1. The Morgan fingerprint density at radius 2 is 1.41 bits per heavy atom. The SMILES string of the molecule is CCCCS(=O)(=O)N1CCC2(CC1)OOC1(CCCC1)OO2. The van der Waals surface area contributed by atoms with Crippen molar-refractivity contribution in [1.29, 1.82) is 0 Å². The lowest BCUT2D eigenvalue weighted by molar-refractivity contribution is -0.658. The van der Waals surface area contributed by atoms with Gasteiger partial charge in [0.05, 0.1) is 5.75 Å². The molecule has 0 radical (unpaired) electrons. The minimum Gasteiger partial charge on any atom is -0.212 e. The minimum atomic E-state index is -3.18. The zero-order chi connectivity index (χ0) is 15.7. The summed E-state index contributed by atoms with van der Waals surface area (Å²) in [6.07, 6.45) is 5.97. The molecule has 0 unspecified atom stereocenters. The number of hydrogen-bond acceptors (Lipinski definition) is 6. The van der Waals surface area contributed by atoms with Crippen LogP contribution in [0.25, 0.3) is 0 Å². The summed E-state index contributed by atoms with van der Waals surface area (Å²) in [6, 6.07) is 0. The second-order valence-electron chi connectivity index (χ2n) is 6.43. The highest BCUT2D eigenvalue weighted by Crippen LogP contribution is 2.43. The smallest absolute Gasteiger partial charge is 0.212 e. The molecule has 2 saturated heterocycles. The first-order chi connectivity index (χ1) is 10.5. The van der Waals surface area contributed by atoms with Crippen LogP contribution >= 0.6 is 0 Å². The molecule has 1 aliphatic carbocycles. The Hall–Kier alpha value is -0.250. The quantitative estimate of drug-likeness (QED) is 0.732. The Balaban J connectivity index is 1.54. The molecule has 0 atom stereocenters. The summed E-state index contributed by atoms with van der Waals surface area (Å²) in [5.41, 5.74) is 0. The molecule has 22 heavy (non-hydrogen) atoms. The molecular formula is C14H25NO6S. The van der Waals surface area contributed by atoms with E-state index in [1.54, 1.807) is 0 Å². The molecule has 0 aromatic carbocycles. The lowest BCUT2D eigenvalue weighted by Crippen LogP contribution is -2.55. The van der Waals surface area contributed by atoms with Gasteiger partial charge in [0.25, 0.3) is 0 Å². The van der Waals surface area contributed by atoms with E-state index < -0.39 is 21.6 Å². The van der Waals surface area contributed by atoms with Crippen molar-refractivity contribution in [3.63, 3.8) is 0 Å². The molecule has 0 bridgehead atoms. The highest BCUT2D eigenvalue weighted by Gasteiger charge is 2.52. The van der Waals surface area contributed by atoms with Crippen LogP contribution in [0.15, 0.2) is 0 Å². The van der Waals surface area contributed by atoms with Crippen LogP contribution < -0.4 is 0 Å².